The number of thioether (sulfide) groups is 1. The number of hydrogen-bond acceptors (Lipinski definition) is 5. The number of hydrogen-bond donors (Lipinski definition) is 1. The Hall–Kier alpha value is -1.86. The number of rotatable bonds is 8. The van der Waals surface area contributed by atoms with E-state index in [1.165, 1.54) is 0 Å². The SMILES string of the molecule is CCNC(=O)CN(CC)C(=O)c1ccc(SCc2csc(C)n2)cc1. The molecule has 2 rings (SSSR count). The topological polar surface area (TPSA) is 62.3 Å². The zero-order valence-corrected chi connectivity index (χ0v) is 16.4. The highest BCUT2D eigenvalue weighted by molar-refractivity contribution is 7.98. The first-order valence-electron chi connectivity index (χ1n) is 8.23. The smallest absolute Gasteiger partial charge is 0.254 e. The average molecular weight is 378 g/mol. The lowest BCUT2D eigenvalue weighted by molar-refractivity contribution is -0.121. The molecule has 25 heavy (non-hydrogen) atoms. The largest absolute Gasteiger partial charge is 0.355 e. The van der Waals surface area contributed by atoms with Gasteiger partial charge in [0.25, 0.3) is 5.91 Å². The maximum absolute atomic E-state index is 12.5. The van der Waals surface area contributed by atoms with Crippen molar-refractivity contribution >= 4 is 34.9 Å². The summed E-state index contributed by atoms with van der Waals surface area (Å²) < 4.78 is 0. The highest BCUT2D eigenvalue weighted by atomic mass is 32.2. The molecule has 1 N–H and O–H groups in total. The summed E-state index contributed by atoms with van der Waals surface area (Å²) in [4.78, 5) is 31.3. The maximum atomic E-state index is 12.5. The van der Waals surface area contributed by atoms with E-state index in [9.17, 15) is 9.59 Å². The number of likely N-dealkylation sites (N-methyl/N-ethyl adjacent to an activating group) is 2. The molecule has 0 fully saturated rings. The fraction of sp³-hybridized carbons (Fsp3) is 0.389. The van der Waals surface area contributed by atoms with Gasteiger partial charge >= 0.3 is 0 Å². The van der Waals surface area contributed by atoms with Crippen LogP contribution in [0.2, 0.25) is 0 Å². The molecule has 7 heteroatoms. The van der Waals surface area contributed by atoms with E-state index in [1.807, 2.05) is 45.0 Å². The highest BCUT2D eigenvalue weighted by Crippen LogP contribution is 2.24. The Morgan fingerprint density at radius 3 is 2.52 bits per heavy atom. The number of carbonyl (C=O) groups is 2. The van der Waals surface area contributed by atoms with Gasteiger partial charge in [-0.1, -0.05) is 0 Å². The van der Waals surface area contributed by atoms with Crippen molar-refractivity contribution in [2.75, 3.05) is 19.6 Å². The van der Waals surface area contributed by atoms with Crippen molar-refractivity contribution < 1.29 is 9.59 Å². The van der Waals surface area contributed by atoms with Crippen LogP contribution < -0.4 is 5.32 Å². The Morgan fingerprint density at radius 2 is 1.96 bits per heavy atom. The average Bonchev–Trinajstić information content (AvgIpc) is 3.03. The molecule has 0 saturated heterocycles. The minimum absolute atomic E-state index is 0.0862. The first-order valence-corrected chi connectivity index (χ1v) is 10.1. The number of carbonyl (C=O) groups excluding carboxylic acids is 2. The number of nitrogens with one attached hydrogen (secondary N) is 1. The highest BCUT2D eigenvalue weighted by Gasteiger charge is 2.17. The predicted molar refractivity (Wildman–Crippen MR) is 103 cm³/mol. The van der Waals surface area contributed by atoms with Gasteiger partial charge < -0.3 is 10.2 Å². The quantitative estimate of drug-likeness (QED) is 0.717. The number of aryl methyl sites for hydroxylation is 1. The van der Waals surface area contributed by atoms with Crippen LogP contribution in [0.1, 0.15) is 34.9 Å². The van der Waals surface area contributed by atoms with Gasteiger partial charge in [-0.25, -0.2) is 4.98 Å². The van der Waals surface area contributed by atoms with Crippen LogP contribution in [0, 0.1) is 6.92 Å². The summed E-state index contributed by atoms with van der Waals surface area (Å²) in [6.07, 6.45) is 0. The minimum Gasteiger partial charge on any atom is -0.355 e. The Bertz CT molecular complexity index is 713. The number of benzene rings is 1. The molecule has 0 radical (unpaired) electrons. The summed E-state index contributed by atoms with van der Waals surface area (Å²) in [7, 11) is 0. The number of aromatic nitrogens is 1. The van der Waals surface area contributed by atoms with E-state index in [0.717, 1.165) is 21.3 Å². The van der Waals surface area contributed by atoms with Crippen molar-refractivity contribution in [3.63, 3.8) is 0 Å². The Labute approximate surface area is 156 Å². The second kappa shape index (κ2) is 9.58. The number of amides is 2. The van der Waals surface area contributed by atoms with Gasteiger partial charge in [0.1, 0.15) is 0 Å². The molecule has 1 heterocycles. The lowest BCUT2D eigenvalue weighted by Gasteiger charge is -2.20. The monoisotopic (exact) mass is 377 g/mol. The van der Waals surface area contributed by atoms with Gasteiger partial charge in [-0.15, -0.1) is 23.1 Å². The summed E-state index contributed by atoms with van der Waals surface area (Å²) in [6, 6.07) is 7.52. The van der Waals surface area contributed by atoms with Crippen LogP contribution in [-0.2, 0) is 10.5 Å². The third kappa shape index (κ3) is 5.86. The molecule has 0 saturated carbocycles. The standard InChI is InChI=1S/C18H23N3O2S2/c1-4-19-17(22)10-21(5-2)18(23)14-6-8-16(9-7-14)25-12-15-11-24-13(3)20-15/h6-9,11H,4-5,10,12H2,1-3H3,(H,19,22). The molecule has 0 aliphatic carbocycles. The third-order valence-electron chi connectivity index (χ3n) is 3.53. The molecule has 0 unspecified atom stereocenters. The van der Waals surface area contributed by atoms with Gasteiger partial charge in [0.05, 0.1) is 17.2 Å². The van der Waals surface area contributed by atoms with E-state index in [2.05, 4.69) is 15.7 Å². The molecule has 0 atom stereocenters. The fourth-order valence-corrected chi connectivity index (χ4v) is 3.77. The summed E-state index contributed by atoms with van der Waals surface area (Å²) in [5.74, 6) is 0.555. The van der Waals surface area contributed by atoms with Crippen LogP contribution in [0.4, 0.5) is 0 Å². The van der Waals surface area contributed by atoms with Crippen LogP contribution >= 0.6 is 23.1 Å². The molecule has 1 aromatic heterocycles. The van der Waals surface area contributed by atoms with Gasteiger partial charge in [0, 0.05) is 34.7 Å². The minimum atomic E-state index is -0.136. The third-order valence-corrected chi connectivity index (χ3v) is 5.40. The molecule has 2 amide bonds. The summed E-state index contributed by atoms with van der Waals surface area (Å²) >= 11 is 3.35. The first kappa shape index (κ1) is 19.5. The molecular weight excluding hydrogens is 354 g/mol. The van der Waals surface area contributed by atoms with Gasteiger partial charge in [0.2, 0.25) is 5.91 Å². The van der Waals surface area contributed by atoms with Crippen molar-refractivity contribution in [2.45, 2.75) is 31.4 Å². The molecule has 5 nitrogen and oxygen atoms in total. The van der Waals surface area contributed by atoms with E-state index in [-0.39, 0.29) is 18.4 Å². The second-order valence-corrected chi connectivity index (χ2v) is 7.55. The molecule has 134 valence electrons. The molecule has 0 aliphatic rings. The lowest BCUT2D eigenvalue weighted by atomic mass is 10.2. The van der Waals surface area contributed by atoms with Crippen molar-refractivity contribution in [1.29, 1.82) is 0 Å². The van der Waals surface area contributed by atoms with Crippen LogP contribution in [0.3, 0.4) is 0 Å². The number of nitrogens with zero attached hydrogens (tertiary/aromatic N) is 2. The normalized spacial score (nSPS) is 10.5. The Morgan fingerprint density at radius 1 is 1.24 bits per heavy atom. The van der Waals surface area contributed by atoms with Crippen LogP contribution in [0.15, 0.2) is 34.5 Å². The van der Waals surface area contributed by atoms with Crippen LogP contribution in [0.5, 0.6) is 0 Å². The fourth-order valence-electron chi connectivity index (χ4n) is 2.26. The Balaban J connectivity index is 1.95. The first-order chi connectivity index (χ1) is 12.0. The van der Waals surface area contributed by atoms with Crippen molar-refractivity contribution in [3.05, 3.63) is 45.9 Å². The molecule has 0 aliphatic heterocycles. The zero-order chi connectivity index (χ0) is 18.2. The van der Waals surface area contributed by atoms with Crippen LogP contribution in [0.25, 0.3) is 0 Å². The Kier molecular flexibility index (Phi) is 7.46. The second-order valence-electron chi connectivity index (χ2n) is 5.44. The van der Waals surface area contributed by atoms with Crippen molar-refractivity contribution in [3.8, 4) is 0 Å². The van der Waals surface area contributed by atoms with Gasteiger partial charge in [-0.3, -0.25) is 9.59 Å². The molecular formula is C18H23N3O2S2. The molecule has 1 aromatic carbocycles. The van der Waals surface area contributed by atoms with E-state index >= 15 is 0 Å². The molecule has 0 spiro atoms. The van der Waals surface area contributed by atoms with E-state index in [4.69, 9.17) is 0 Å². The van der Waals surface area contributed by atoms with E-state index in [1.54, 1.807) is 28.0 Å². The lowest BCUT2D eigenvalue weighted by Crippen LogP contribution is -2.40. The van der Waals surface area contributed by atoms with Gasteiger partial charge in [-0.05, 0) is 45.0 Å². The van der Waals surface area contributed by atoms with E-state index in [0.29, 0.717) is 18.7 Å². The molecule has 2 aromatic rings. The van der Waals surface area contributed by atoms with E-state index < -0.39 is 0 Å². The predicted octanol–water partition coefficient (Wildman–Crippen LogP) is 3.34. The van der Waals surface area contributed by atoms with Crippen molar-refractivity contribution in [2.24, 2.45) is 0 Å². The summed E-state index contributed by atoms with van der Waals surface area (Å²) in [5, 5.41) is 5.86. The number of thiazole rings is 1. The summed E-state index contributed by atoms with van der Waals surface area (Å²) in [6.45, 7) is 6.88. The summed E-state index contributed by atoms with van der Waals surface area (Å²) in [5.41, 5.74) is 1.67. The van der Waals surface area contributed by atoms with Crippen LogP contribution in [-0.4, -0.2) is 41.3 Å². The molecule has 0 bridgehead atoms. The van der Waals surface area contributed by atoms with Gasteiger partial charge in [-0.2, -0.15) is 0 Å². The van der Waals surface area contributed by atoms with Gasteiger partial charge in [0.15, 0.2) is 0 Å². The van der Waals surface area contributed by atoms with Crippen molar-refractivity contribution in [1.82, 2.24) is 15.2 Å². The zero-order valence-electron chi connectivity index (χ0n) is 14.7. The maximum Gasteiger partial charge on any atom is 0.254 e.